The van der Waals surface area contributed by atoms with E-state index in [1.54, 1.807) is 24.3 Å². The number of hydrogen-bond acceptors (Lipinski definition) is 6. The lowest BCUT2D eigenvalue weighted by Crippen LogP contribution is -2.48. The molecule has 28 heavy (non-hydrogen) atoms. The van der Waals surface area contributed by atoms with E-state index in [1.165, 1.54) is 18.2 Å². The van der Waals surface area contributed by atoms with Crippen molar-refractivity contribution in [3.8, 4) is 11.8 Å². The van der Waals surface area contributed by atoms with Gasteiger partial charge in [0.25, 0.3) is 0 Å². The molecule has 0 bridgehead atoms. The minimum atomic E-state index is -4.09. The molecule has 2 atom stereocenters. The number of hydrogen-bond donors (Lipinski definition) is 2. The van der Waals surface area contributed by atoms with Gasteiger partial charge < -0.3 is 14.9 Å². The topological polar surface area (TPSA) is 111 Å². The van der Waals surface area contributed by atoms with Gasteiger partial charge in [0.15, 0.2) is 0 Å². The van der Waals surface area contributed by atoms with Gasteiger partial charge in [-0.3, -0.25) is 0 Å². The van der Waals surface area contributed by atoms with E-state index in [0.29, 0.717) is 10.8 Å². The Morgan fingerprint density at radius 2 is 1.93 bits per heavy atom. The summed E-state index contributed by atoms with van der Waals surface area (Å²) in [5.41, 5.74) is -1.58. The van der Waals surface area contributed by atoms with Crippen molar-refractivity contribution in [1.82, 2.24) is 4.31 Å². The molecule has 0 unspecified atom stereocenters. The zero-order chi connectivity index (χ0) is 20.5. The summed E-state index contributed by atoms with van der Waals surface area (Å²) in [5.74, 6) is 0.372. The average Bonchev–Trinajstić information content (AvgIpc) is 3.01. The molecule has 0 radical (unpaired) electrons. The first-order valence-electron chi connectivity index (χ1n) is 8.15. The van der Waals surface area contributed by atoms with E-state index in [4.69, 9.17) is 33.2 Å². The lowest BCUT2D eigenvalue weighted by atomic mass is 10.0. The predicted octanol–water partition coefficient (Wildman–Crippen LogP) is 2.04. The van der Waals surface area contributed by atoms with Crippen LogP contribution in [-0.2, 0) is 10.0 Å². The monoisotopic (exact) mass is 442 g/mol. The molecule has 1 heterocycles. The standard InChI is InChI=1S/C18H16Cl2N2O5S/c19-13-2-4-14(5-3-13)27-17-9-22(10-18(17,24)11-23)28(25,26)16-6-1-12(8-21)7-15(16)20/h1-7,17,23-24H,9-11H2/t17-,18+/m0/s1. The zero-order valence-electron chi connectivity index (χ0n) is 14.4. The second kappa shape index (κ2) is 7.87. The minimum absolute atomic E-state index is 0.103. The van der Waals surface area contributed by atoms with Gasteiger partial charge in [0.2, 0.25) is 10.0 Å². The molecule has 148 valence electrons. The van der Waals surface area contributed by atoms with Crippen molar-refractivity contribution < 1.29 is 23.4 Å². The molecule has 0 aromatic heterocycles. The van der Waals surface area contributed by atoms with Crippen molar-refractivity contribution in [3.63, 3.8) is 0 Å². The Morgan fingerprint density at radius 1 is 1.25 bits per heavy atom. The van der Waals surface area contributed by atoms with Gasteiger partial charge in [-0.25, -0.2) is 8.42 Å². The van der Waals surface area contributed by atoms with Gasteiger partial charge in [0.05, 0.1) is 29.8 Å². The highest BCUT2D eigenvalue weighted by Crippen LogP contribution is 2.33. The van der Waals surface area contributed by atoms with Gasteiger partial charge in [0, 0.05) is 11.6 Å². The van der Waals surface area contributed by atoms with Crippen molar-refractivity contribution in [2.24, 2.45) is 0 Å². The second-order valence-electron chi connectivity index (χ2n) is 6.38. The lowest BCUT2D eigenvalue weighted by molar-refractivity contribution is -0.0640. The molecule has 2 aromatic rings. The molecule has 2 N–H and O–H groups in total. The molecule has 0 spiro atoms. The van der Waals surface area contributed by atoms with Crippen LogP contribution in [0.3, 0.4) is 0 Å². The summed E-state index contributed by atoms with van der Waals surface area (Å²) in [5, 5.41) is 29.7. The summed E-state index contributed by atoms with van der Waals surface area (Å²) in [6.07, 6.45) is -1.01. The fraction of sp³-hybridized carbons (Fsp3) is 0.278. The van der Waals surface area contributed by atoms with E-state index in [2.05, 4.69) is 0 Å². The summed E-state index contributed by atoms with van der Waals surface area (Å²) in [7, 11) is -4.09. The molecule has 0 aliphatic carbocycles. The quantitative estimate of drug-likeness (QED) is 0.732. The molecule has 1 aliphatic heterocycles. The number of halogens is 2. The van der Waals surface area contributed by atoms with Crippen LogP contribution in [0.5, 0.6) is 5.75 Å². The summed E-state index contributed by atoms with van der Waals surface area (Å²) in [4.78, 5) is -0.194. The molecule has 1 saturated heterocycles. The third-order valence-corrected chi connectivity index (χ3v) is 7.01. The number of rotatable bonds is 5. The van der Waals surface area contributed by atoms with Crippen LogP contribution >= 0.6 is 23.2 Å². The van der Waals surface area contributed by atoms with Gasteiger partial charge in [0.1, 0.15) is 22.4 Å². The minimum Gasteiger partial charge on any atom is -0.486 e. The van der Waals surface area contributed by atoms with Crippen LogP contribution in [0.1, 0.15) is 5.56 Å². The number of benzene rings is 2. The Bertz CT molecular complexity index is 1020. The van der Waals surface area contributed by atoms with E-state index in [9.17, 15) is 18.6 Å². The Balaban J connectivity index is 1.89. The molecule has 7 nitrogen and oxygen atoms in total. The van der Waals surface area contributed by atoms with Crippen molar-refractivity contribution in [3.05, 3.63) is 58.1 Å². The summed E-state index contributed by atoms with van der Waals surface area (Å²) < 4.78 is 32.7. The number of aliphatic hydroxyl groups is 2. The van der Waals surface area contributed by atoms with Crippen LogP contribution in [0.2, 0.25) is 10.0 Å². The molecule has 1 fully saturated rings. The number of sulfonamides is 1. The molecule has 0 saturated carbocycles. The maximum Gasteiger partial charge on any atom is 0.244 e. The van der Waals surface area contributed by atoms with E-state index in [0.717, 1.165) is 4.31 Å². The van der Waals surface area contributed by atoms with Crippen LogP contribution in [0.4, 0.5) is 0 Å². The van der Waals surface area contributed by atoms with Gasteiger partial charge >= 0.3 is 0 Å². The van der Waals surface area contributed by atoms with Gasteiger partial charge in [-0.1, -0.05) is 23.2 Å². The largest absolute Gasteiger partial charge is 0.486 e. The Hall–Kier alpha value is -1.86. The summed E-state index contributed by atoms with van der Waals surface area (Å²) >= 11 is 11.9. The summed E-state index contributed by atoms with van der Waals surface area (Å²) in [6, 6.07) is 12.1. The third kappa shape index (κ3) is 3.96. The smallest absolute Gasteiger partial charge is 0.244 e. The molecule has 2 aromatic carbocycles. The van der Waals surface area contributed by atoms with E-state index in [-0.39, 0.29) is 28.6 Å². The van der Waals surface area contributed by atoms with Crippen molar-refractivity contribution in [1.29, 1.82) is 5.26 Å². The number of nitrogens with zero attached hydrogens (tertiary/aromatic N) is 2. The first kappa shape index (κ1) is 20.9. The predicted molar refractivity (Wildman–Crippen MR) is 103 cm³/mol. The highest BCUT2D eigenvalue weighted by Gasteiger charge is 2.51. The fourth-order valence-electron chi connectivity index (χ4n) is 2.90. The first-order valence-corrected chi connectivity index (χ1v) is 10.3. The third-order valence-electron chi connectivity index (χ3n) is 4.46. The molecule has 1 aliphatic rings. The van der Waals surface area contributed by atoms with Gasteiger partial charge in [-0.2, -0.15) is 9.57 Å². The fourth-order valence-corrected chi connectivity index (χ4v) is 5.05. The Labute approximate surface area is 172 Å². The van der Waals surface area contributed by atoms with Crippen molar-refractivity contribution in [2.75, 3.05) is 19.7 Å². The SMILES string of the molecule is N#Cc1ccc(S(=O)(=O)N2C[C@H](Oc3ccc(Cl)cc3)[C@](O)(CO)C2)c(Cl)c1. The first-order chi connectivity index (χ1) is 13.2. The van der Waals surface area contributed by atoms with Crippen LogP contribution in [0.25, 0.3) is 0 Å². The van der Waals surface area contributed by atoms with Crippen molar-refractivity contribution >= 4 is 33.2 Å². The highest BCUT2D eigenvalue weighted by molar-refractivity contribution is 7.89. The normalized spacial score (nSPS) is 22.8. The highest BCUT2D eigenvalue weighted by atomic mass is 35.5. The van der Waals surface area contributed by atoms with Gasteiger partial charge in [-0.15, -0.1) is 0 Å². The molecule has 0 amide bonds. The molecular formula is C18H16Cl2N2O5S. The second-order valence-corrected chi connectivity index (χ2v) is 9.13. The van der Waals surface area contributed by atoms with E-state index < -0.39 is 28.3 Å². The maximum absolute atomic E-state index is 13.0. The molecular weight excluding hydrogens is 427 g/mol. The number of ether oxygens (including phenoxy) is 1. The number of aliphatic hydroxyl groups excluding tert-OH is 1. The van der Waals surface area contributed by atoms with Crippen LogP contribution in [0, 0.1) is 11.3 Å². The summed E-state index contributed by atoms with van der Waals surface area (Å²) in [6.45, 7) is -1.27. The average molecular weight is 443 g/mol. The Kier molecular flexibility index (Phi) is 5.87. The van der Waals surface area contributed by atoms with Crippen LogP contribution in [-0.4, -0.2) is 54.3 Å². The lowest BCUT2D eigenvalue weighted by Gasteiger charge is -2.27. The molecule has 10 heteroatoms. The van der Waals surface area contributed by atoms with Crippen LogP contribution in [0.15, 0.2) is 47.4 Å². The van der Waals surface area contributed by atoms with Gasteiger partial charge in [-0.05, 0) is 42.5 Å². The molecule has 3 rings (SSSR count). The number of nitriles is 1. The van der Waals surface area contributed by atoms with Crippen molar-refractivity contribution in [2.45, 2.75) is 16.6 Å². The van der Waals surface area contributed by atoms with E-state index >= 15 is 0 Å². The van der Waals surface area contributed by atoms with E-state index in [1.807, 2.05) is 6.07 Å². The van der Waals surface area contributed by atoms with Crippen LogP contribution < -0.4 is 4.74 Å². The maximum atomic E-state index is 13.0. The zero-order valence-corrected chi connectivity index (χ0v) is 16.7. The number of β-amino-alcohol motifs (C(OH)–C–C–N with tert-alkyl or cyclic N) is 1. The Morgan fingerprint density at radius 3 is 2.50 bits per heavy atom.